The summed E-state index contributed by atoms with van der Waals surface area (Å²) in [5, 5.41) is 0. The normalized spacial score (nSPS) is 17.7. The zero-order valence-electron chi connectivity index (χ0n) is 5.76. The maximum Gasteiger partial charge on any atom is 0.0627 e. The molecule has 1 aliphatic rings. The molecule has 0 saturated heterocycles. The molecule has 2 heteroatoms. The van der Waals surface area contributed by atoms with Gasteiger partial charge in [0, 0.05) is 17.9 Å². The molecule has 54 valence electrons. The Kier molecular flexibility index (Phi) is 1.46. The van der Waals surface area contributed by atoms with E-state index in [-0.39, 0.29) is 0 Å². The van der Waals surface area contributed by atoms with E-state index in [9.17, 15) is 0 Å². The Hall–Kier alpha value is -0.430. The molecule has 1 saturated carbocycles. The second-order valence-corrected chi connectivity index (χ2v) is 3.04. The summed E-state index contributed by atoms with van der Waals surface area (Å²) in [4.78, 5) is 0. The first kappa shape index (κ1) is 6.29. The van der Waals surface area contributed by atoms with Gasteiger partial charge in [-0.1, -0.05) is 0 Å². The molecule has 1 fully saturated rings. The first-order valence-corrected chi connectivity index (χ1v) is 4.17. The quantitative estimate of drug-likeness (QED) is 0.579. The van der Waals surface area contributed by atoms with Crippen molar-refractivity contribution in [2.24, 2.45) is 0 Å². The highest BCUT2D eigenvalue weighted by molar-refractivity contribution is 6.16. The van der Waals surface area contributed by atoms with Gasteiger partial charge in [0.2, 0.25) is 0 Å². The van der Waals surface area contributed by atoms with Crippen molar-refractivity contribution in [3.63, 3.8) is 0 Å². The predicted molar refractivity (Wildman–Crippen MR) is 42.3 cm³/mol. The molecule has 0 aromatic carbocycles. The van der Waals surface area contributed by atoms with Crippen LogP contribution in [0.1, 0.15) is 24.6 Å². The van der Waals surface area contributed by atoms with E-state index in [1.54, 1.807) is 0 Å². The maximum atomic E-state index is 5.72. The van der Waals surface area contributed by atoms with Gasteiger partial charge in [0.1, 0.15) is 0 Å². The van der Waals surface area contributed by atoms with Crippen molar-refractivity contribution in [3.8, 4) is 0 Å². The number of nitrogens with zero attached hydrogens (tertiary/aromatic N) is 1. The van der Waals surface area contributed by atoms with Crippen molar-refractivity contribution in [2.45, 2.75) is 24.8 Å². The zero-order valence-corrected chi connectivity index (χ0v) is 6.51. The molecule has 0 N–H and O–H groups in total. The molecule has 1 aromatic rings. The molecule has 0 aliphatic heterocycles. The second kappa shape index (κ2) is 2.31. The van der Waals surface area contributed by atoms with Gasteiger partial charge in [0.25, 0.3) is 0 Å². The molecule has 0 radical (unpaired) electrons. The summed E-state index contributed by atoms with van der Waals surface area (Å²) < 4.78 is 2.28. The molecule has 0 amide bonds. The summed E-state index contributed by atoms with van der Waals surface area (Å²) >= 11 is 5.72. The standard InChI is InChI=1S/C8H10ClN/c9-6-8-2-1-5-10(8)7-3-4-7/h1-2,5,7H,3-4,6H2. The fraction of sp³-hybridized carbons (Fsp3) is 0.500. The lowest BCUT2D eigenvalue weighted by Crippen LogP contribution is -1.95. The average molecular weight is 156 g/mol. The molecule has 10 heavy (non-hydrogen) atoms. The Morgan fingerprint density at radius 3 is 3.00 bits per heavy atom. The van der Waals surface area contributed by atoms with Crippen LogP contribution < -0.4 is 0 Å². The fourth-order valence-corrected chi connectivity index (χ4v) is 1.48. The molecule has 1 aromatic heterocycles. The van der Waals surface area contributed by atoms with Gasteiger partial charge in [0.15, 0.2) is 0 Å². The largest absolute Gasteiger partial charge is 0.347 e. The van der Waals surface area contributed by atoms with E-state index in [0.717, 1.165) is 6.04 Å². The van der Waals surface area contributed by atoms with Crippen molar-refractivity contribution in [2.75, 3.05) is 0 Å². The van der Waals surface area contributed by atoms with Crippen molar-refractivity contribution in [1.82, 2.24) is 4.57 Å². The van der Waals surface area contributed by atoms with Crippen LogP contribution in [0, 0.1) is 0 Å². The molecule has 0 unspecified atom stereocenters. The zero-order chi connectivity index (χ0) is 6.97. The lowest BCUT2D eigenvalue weighted by atomic mass is 10.5. The molecule has 1 heterocycles. The third kappa shape index (κ3) is 0.948. The Balaban J connectivity index is 2.28. The van der Waals surface area contributed by atoms with E-state index in [2.05, 4.69) is 22.9 Å². The Labute approximate surface area is 65.6 Å². The van der Waals surface area contributed by atoms with Crippen LogP contribution in [0.25, 0.3) is 0 Å². The van der Waals surface area contributed by atoms with Crippen molar-refractivity contribution < 1.29 is 0 Å². The van der Waals surface area contributed by atoms with Gasteiger partial charge >= 0.3 is 0 Å². The molecule has 0 atom stereocenters. The van der Waals surface area contributed by atoms with Crippen molar-refractivity contribution in [1.29, 1.82) is 0 Å². The van der Waals surface area contributed by atoms with Crippen LogP contribution in [-0.4, -0.2) is 4.57 Å². The summed E-state index contributed by atoms with van der Waals surface area (Å²) in [5.41, 5.74) is 1.25. The summed E-state index contributed by atoms with van der Waals surface area (Å²) in [6, 6.07) is 4.92. The van der Waals surface area contributed by atoms with Crippen LogP contribution in [0.4, 0.5) is 0 Å². The maximum absolute atomic E-state index is 5.72. The number of alkyl halides is 1. The van der Waals surface area contributed by atoms with E-state index in [4.69, 9.17) is 11.6 Å². The summed E-state index contributed by atoms with van der Waals surface area (Å²) in [6.07, 6.45) is 4.78. The van der Waals surface area contributed by atoms with E-state index in [1.807, 2.05) is 0 Å². The van der Waals surface area contributed by atoms with Gasteiger partial charge in [-0.25, -0.2) is 0 Å². The van der Waals surface area contributed by atoms with Crippen molar-refractivity contribution >= 4 is 11.6 Å². The van der Waals surface area contributed by atoms with Gasteiger partial charge in [-0.2, -0.15) is 0 Å². The molecule has 0 bridgehead atoms. The minimum Gasteiger partial charge on any atom is -0.347 e. The summed E-state index contributed by atoms with van der Waals surface area (Å²) in [6.45, 7) is 0. The minimum atomic E-state index is 0.642. The Morgan fingerprint density at radius 2 is 2.40 bits per heavy atom. The molecule has 2 rings (SSSR count). The van der Waals surface area contributed by atoms with Gasteiger partial charge < -0.3 is 4.57 Å². The number of rotatable bonds is 2. The minimum absolute atomic E-state index is 0.642. The van der Waals surface area contributed by atoms with E-state index in [0.29, 0.717) is 5.88 Å². The predicted octanol–water partition coefficient (Wildman–Crippen LogP) is 2.56. The number of hydrogen-bond donors (Lipinski definition) is 0. The fourth-order valence-electron chi connectivity index (χ4n) is 1.25. The van der Waals surface area contributed by atoms with Crippen LogP contribution in [0.2, 0.25) is 0 Å². The molecular weight excluding hydrogens is 146 g/mol. The highest BCUT2D eigenvalue weighted by atomic mass is 35.5. The first-order valence-electron chi connectivity index (χ1n) is 3.63. The highest BCUT2D eigenvalue weighted by Gasteiger charge is 2.23. The highest BCUT2D eigenvalue weighted by Crippen LogP contribution is 2.36. The van der Waals surface area contributed by atoms with Crippen LogP contribution in [0.15, 0.2) is 18.3 Å². The Bertz CT molecular complexity index is 225. The van der Waals surface area contributed by atoms with Crippen LogP contribution in [-0.2, 0) is 5.88 Å². The van der Waals surface area contributed by atoms with E-state index >= 15 is 0 Å². The number of aromatic nitrogens is 1. The molecule has 1 aliphatic carbocycles. The smallest absolute Gasteiger partial charge is 0.0627 e. The van der Waals surface area contributed by atoms with Crippen LogP contribution >= 0.6 is 11.6 Å². The number of halogens is 1. The number of hydrogen-bond acceptors (Lipinski definition) is 0. The topological polar surface area (TPSA) is 4.93 Å². The lowest BCUT2D eigenvalue weighted by molar-refractivity contribution is 0.718. The van der Waals surface area contributed by atoms with Crippen LogP contribution in [0.3, 0.4) is 0 Å². The monoisotopic (exact) mass is 155 g/mol. The summed E-state index contributed by atoms with van der Waals surface area (Å²) in [7, 11) is 0. The van der Waals surface area contributed by atoms with Crippen molar-refractivity contribution in [3.05, 3.63) is 24.0 Å². The van der Waals surface area contributed by atoms with Gasteiger partial charge in [-0.05, 0) is 25.0 Å². The van der Waals surface area contributed by atoms with Gasteiger partial charge in [-0.3, -0.25) is 0 Å². The van der Waals surface area contributed by atoms with E-state index in [1.165, 1.54) is 18.5 Å². The lowest BCUT2D eigenvalue weighted by Gasteiger charge is -2.02. The Morgan fingerprint density at radius 1 is 1.60 bits per heavy atom. The SMILES string of the molecule is ClCc1cccn1C1CC1. The third-order valence-electron chi connectivity index (χ3n) is 1.94. The third-order valence-corrected chi connectivity index (χ3v) is 2.22. The van der Waals surface area contributed by atoms with Gasteiger partial charge in [0.05, 0.1) is 5.88 Å². The first-order chi connectivity index (χ1) is 4.92. The van der Waals surface area contributed by atoms with Crippen LogP contribution in [0.5, 0.6) is 0 Å². The molecule has 0 spiro atoms. The van der Waals surface area contributed by atoms with Gasteiger partial charge in [-0.15, -0.1) is 11.6 Å². The summed E-state index contributed by atoms with van der Waals surface area (Å²) in [5.74, 6) is 0.642. The average Bonchev–Trinajstić information content (AvgIpc) is 2.69. The second-order valence-electron chi connectivity index (χ2n) is 2.77. The van der Waals surface area contributed by atoms with E-state index < -0.39 is 0 Å². The molecular formula is C8H10ClN. The molecule has 1 nitrogen and oxygen atoms in total.